The number of nitrogens with zero attached hydrogens (tertiary/aromatic N) is 3. The van der Waals surface area contributed by atoms with Gasteiger partial charge in [-0.05, 0) is 36.8 Å². The van der Waals surface area contributed by atoms with Gasteiger partial charge >= 0.3 is 0 Å². The van der Waals surface area contributed by atoms with Crippen LogP contribution in [0.5, 0.6) is 0 Å². The van der Waals surface area contributed by atoms with Gasteiger partial charge < -0.3 is 14.5 Å². The van der Waals surface area contributed by atoms with E-state index in [4.69, 9.17) is 4.74 Å². The summed E-state index contributed by atoms with van der Waals surface area (Å²) in [5.74, 6) is 0.0213. The highest BCUT2D eigenvalue weighted by Crippen LogP contribution is 2.23. The van der Waals surface area contributed by atoms with Crippen molar-refractivity contribution in [1.82, 2.24) is 9.62 Å². The molecule has 1 amide bonds. The molecule has 9 heteroatoms. The predicted molar refractivity (Wildman–Crippen MR) is 119 cm³/mol. The van der Waals surface area contributed by atoms with Crippen molar-refractivity contribution in [2.45, 2.75) is 24.4 Å². The Kier molecular flexibility index (Phi) is 5.97. The normalized spacial score (nSPS) is 19.5. The fourth-order valence-electron chi connectivity index (χ4n) is 3.78. The molecule has 0 radical (unpaired) electrons. The van der Waals surface area contributed by atoms with Gasteiger partial charge in [-0.25, -0.2) is 8.42 Å². The van der Waals surface area contributed by atoms with Crippen LogP contribution in [0.15, 0.2) is 58.4 Å². The molecular formula is C22H26N4O4S. The Morgan fingerprint density at radius 3 is 2.55 bits per heavy atom. The minimum Gasteiger partial charge on any atom is -0.378 e. The summed E-state index contributed by atoms with van der Waals surface area (Å²) in [6.07, 6.45) is 0. The summed E-state index contributed by atoms with van der Waals surface area (Å²) in [7, 11) is -1.90. The van der Waals surface area contributed by atoms with Gasteiger partial charge in [0.2, 0.25) is 5.91 Å². The molecule has 2 aromatic rings. The van der Waals surface area contributed by atoms with E-state index in [1.54, 1.807) is 37.1 Å². The van der Waals surface area contributed by atoms with Crippen molar-refractivity contribution in [1.29, 1.82) is 0 Å². The Hall–Kier alpha value is -2.91. The lowest BCUT2D eigenvalue weighted by atomic mass is 10.1. The number of carbonyl (C=O) groups excluding carboxylic acids is 1. The van der Waals surface area contributed by atoms with Gasteiger partial charge in [-0.2, -0.15) is 0 Å². The zero-order valence-electron chi connectivity index (χ0n) is 17.6. The standard InChI is InChI=1S/C22H26N4O4S/c1-16(23-21-19-5-3-4-6-20(19)31(28,29)24-21)22(27)25(2)15-17-7-9-18(10-8-17)26-11-13-30-14-12-26/h3-10,16H,11-15H2,1-2H3,(H,23,24)/t16-/m0/s1. The van der Waals surface area contributed by atoms with E-state index < -0.39 is 16.1 Å². The van der Waals surface area contributed by atoms with E-state index in [-0.39, 0.29) is 16.6 Å². The molecule has 0 spiro atoms. The molecule has 0 aromatic heterocycles. The van der Waals surface area contributed by atoms with Crippen LogP contribution in [-0.2, 0) is 26.1 Å². The number of likely N-dealkylation sites (N-methyl/N-ethyl adjacent to an activating group) is 1. The largest absolute Gasteiger partial charge is 0.378 e. The number of anilines is 1. The zero-order chi connectivity index (χ0) is 22.0. The topological polar surface area (TPSA) is 91.3 Å². The third-order valence-corrected chi connectivity index (χ3v) is 6.85. The highest BCUT2D eigenvalue weighted by atomic mass is 32.2. The van der Waals surface area contributed by atoms with Crippen LogP contribution in [0.4, 0.5) is 5.69 Å². The molecular weight excluding hydrogens is 416 g/mol. The fourth-order valence-corrected chi connectivity index (χ4v) is 5.02. The van der Waals surface area contributed by atoms with Crippen molar-refractivity contribution < 1.29 is 17.9 Å². The molecule has 1 saturated heterocycles. The molecule has 31 heavy (non-hydrogen) atoms. The first kappa shape index (κ1) is 21.3. The Balaban J connectivity index is 1.42. The molecule has 1 atom stereocenters. The van der Waals surface area contributed by atoms with Crippen molar-refractivity contribution in [3.8, 4) is 0 Å². The Morgan fingerprint density at radius 1 is 1.16 bits per heavy atom. The van der Waals surface area contributed by atoms with Gasteiger partial charge in [0.1, 0.15) is 11.9 Å². The second kappa shape index (κ2) is 8.68. The molecule has 0 aliphatic carbocycles. The summed E-state index contributed by atoms with van der Waals surface area (Å²) in [5.41, 5.74) is 2.65. The smallest absolute Gasteiger partial charge is 0.263 e. The van der Waals surface area contributed by atoms with E-state index in [0.29, 0.717) is 12.1 Å². The molecule has 0 unspecified atom stereocenters. The Labute approximate surface area is 182 Å². The number of benzene rings is 2. The lowest BCUT2D eigenvalue weighted by Crippen LogP contribution is -2.36. The Morgan fingerprint density at radius 2 is 1.84 bits per heavy atom. The van der Waals surface area contributed by atoms with E-state index in [1.807, 2.05) is 12.1 Å². The van der Waals surface area contributed by atoms with Crippen LogP contribution < -0.4 is 9.62 Å². The quantitative estimate of drug-likeness (QED) is 0.760. The van der Waals surface area contributed by atoms with Crippen molar-refractivity contribution in [3.63, 3.8) is 0 Å². The fraction of sp³-hybridized carbons (Fsp3) is 0.364. The Bertz CT molecular complexity index is 1090. The monoisotopic (exact) mass is 442 g/mol. The van der Waals surface area contributed by atoms with Crippen LogP contribution in [0.3, 0.4) is 0 Å². The summed E-state index contributed by atoms with van der Waals surface area (Å²) in [6, 6.07) is 14.1. The minimum absolute atomic E-state index is 0.183. The van der Waals surface area contributed by atoms with E-state index in [1.165, 1.54) is 6.07 Å². The number of fused-ring (bicyclic) bond motifs is 1. The molecule has 8 nitrogen and oxygen atoms in total. The van der Waals surface area contributed by atoms with Gasteiger partial charge in [0.05, 0.1) is 18.1 Å². The maximum atomic E-state index is 12.8. The number of nitrogens with one attached hydrogen (secondary N) is 1. The highest BCUT2D eigenvalue weighted by molar-refractivity contribution is 7.90. The van der Waals surface area contributed by atoms with E-state index in [2.05, 4.69) is 26.7 Å². The molecule has 2 aliphatic rings. The van der Waals surface area contributed by atoms with Crippen LogP contribution >= 0.6 is 0 Å². The average Bonchev–Trinajstić information content (AvgIpc) is 3.04. The van der Waals surface area contributed by atoms with Crippen LogP contribution in [0.1, 0.15) is 18.1 Å². The number of aliphatic imine (C=N–C) groups is 1. The average molecular weight is 443 g/mol. The number of carbonyl (C=O) groups is 1. The van der Waals surface area contributed by atoms with Crippen molar-refractivity contribution >= 4 is 27.5 Å². The first-order chi connectivity index (χ1) is 14.8. The molecule has 4 rings (SSSR count). The molecule has 0 bridgehead atoms. The van der Waals surface area contributed by atoms with Gasteiger partial charge in [-0.15, -0.1) is 0 Å². The molecule has 2 heterocycles. The molecule has 164 valence electrons. The summed E-state index contributed by atoms with van der Waals surface area (Å²) >= 11 is 0. The van der Waals surface area contributed by atoms with Crippen LogP contribution in [0, 0.1) is 0 Å². The zero-order valence-corrected chi connectivity index (χ0v) is 18.4. The first-order valence-electron chi connectivity index (χ1n) is 10.2. The highest BCUT2D eigenvalue weighted by Gasteiger charge is 2.31. The number of amides is 1. The molecule has 2 aliphatic heterocycles. The van der Waals surface area contributed by atoms with Gasteiger partial charge in [0, 0.05) is 37.9 Å². The maximum Gasteiger partial charge on any atom is 0.263 e. The number of morpholine rings is 1. The van der Waals surface area contributed by atoms with Gasteiger partial charge in [0.15, 0.2) is 0 Å². The van der Waals surface area contributed by atoms with Crippen LogP contribution in [0.2, 0.25) is 0 Å². The summed E-state index contributed by atoms with van der Waals surface area (Å²) in [4.78, 5) is 21.3. The maximum absolute atomic E-state index is 12.8. The minimum atomic E-state index is -3.63. The second-order valence-corrected chi connectivity index (χ2v) is 9.37. The lowest BCUT2D eigenvalue weighted by Gasteiger charge is -2.29. The first-order valence-corrected chi connectivity index (χ1v) is 11.7. The molecule has 2 aromatic carbocycles. The number of amidine groups is 1. The number of sulfonamides is 1. The van der Waals surface area contributed by atoms with Gasteiger partial charge in [-0.1, -0.05) is 24.3 Å². The van der Waals surface area contributed by atoms with Gasteiger partial charge in [0.25, 0.3) is 10.0 Å². The van der Waals surface area contributed by atoms with E-state index in [9.17, 15) is 13.2 Å². The van der Waals surface area contributed by atoms with E-state index >= 15 is 0 Å². The third kappa shape index (κ3) is 4.57. The van der Waals surface area contributed by atoms with Crippen LogP contribution in [-0.4, -0.2) is 64.5 Å². The van der Waals surface area contributed by atoms with Crippen LogP contribution in [0.25, 0.3) is 0 Å². The summed E-state index contributed by atoms with van der Waals surface area (Å²) in [5, 5.41) is 0. The second-order valence-electron chi connectivity index (χ2n) is 7.72. The number of hydrogen-bond acceptors (Lipinski definition) is 6. The van der Waals surface area contributed by atoms with Crippen molar-refractivity contribution in [3.05, 3.63) is 59.7 Å². The number of hydrogen-bond donors (Lipinski definition) is 1. The summed E-state index contributed by atoms with van der Waals surface area (Å²) < 4.78 is 32.3. The molecule has 1 fully saturated rings. The SMILES string of the molecule is C[C@H](N=C1NS(=O)(=O)c2ccccc21)C(=O)N(C)Cc1ccc(N2CCOCC2)cc1. The number of ether oxygens (including phenoxy) is 1. The summed E-state index contributed by atoms with van der Waals surface area (Å²) in [6.45, 7) is 5.34. The predicted octanol–water partition coefficient (Wildman–Crippen LogP) is 1.61. The van der Waals surface area contributed by atoms with Crippen molar-refractivity contribution in [2.24, 2.45) is 4.99 Å². The van der Waals surface area contributed by atoms with Crippen molar-refractivity contribution in [2.75, 3.05) is 38.3 Å². The molecule has 1 N–H and O–H groups in total. The lowest BCUT2D eigenvalue weighted by molar-refractivity contribution is -0.131. The van der Waals surface area contributed by atoms with Gasteiger partial charge in [-0.3, -0.25) is 14.5 Å². The van der Waals surface area contributed by atoms with E-state index in [0.717, 1.165) is 37.6 Å². The third-order valence-electron chi connectivity index (χ3n) is 5.45. The number of rotatable bonds is 5. The molecule has 0 saturated carbocycles.